The lowest BCUT2D eigenvalue weighted by molar-refractivity contribution is -0.150. The van der Waals surface area contributed by atoms with Gasteiger partial charge in [0.1, 0.15) is 6.04 Å². The molecular weight excluding hydrogens is 277 g/mol. The van der Waals surface area contributed by atoms with E-state index in [1.807, 2.05) is 0 Å². The molecule has 0 saturated heterocycles. The van der Waals surface area contributed by atoms with Gasteiger partial charge >= 0.3 is 6.18 Å². The Hall–Kier alpha value is -0.660. The van der Waals surface area contributed by atoms with Gasteiger partial charge in [-0.25, -0.2) is 0 Å². The maximum absolute atomic E-state index is 12.3. The van der Waals surface area contributed by atoms with Gasteiger partial charge in [0, 0.05) is 16.2 Å². The van der Waals surface area contributed by atoms with Gasteiger partial charge in [0.15, 0.2) is 0 Å². The molecule has 15 heavy (non-hydrogen) atoms. The number of aliphatic hydroxyl groups excluding tert-OH is 1. The van der Waals surface area contributed by atoms with E-state index >= 15 is 0 Å². The van der Waals surface area contributed by atoms with E-state index in [2.05, 4.69) is 20.9 Å². The lowest BCUT2D eigenvalue weighted by Crippen LogP contribution is -2.30. The van der Waals surface area contributed by atoms with Gasteiger partial charge in [-0.15, -0.1) is 0 Å². The van der Waals surface area contributed by atoms with Crippen LogP contribution in [0, 0.1) is 0 Å². The monoisotopic (exact) mass is 284 g/mol. The molecule has 0 aliphatic heterocycles. The van der Waals surface area contributed by atoms with E-state index in [0.29, 0.717) is 4.47 Å². The van der Waals surface area contributed by atoms with Crippen molar-refractivity contribution in [1.82, 2.24) is 4.98 Å². The third-order valence-corrected chi connectivity index (χ3v) is 2.22. The lowest BCUT2D eigenvalue weighted by atomic mass is 10.1. The van der Waals surface area contributed by atoms with E-state index in [-0.39, 0.29) is 11.3 Å². The molecule has 0 saturated carbocycles. The molecule has 0 fully saturated rings. The number of nitrogens with two attached hydrogens (primary N) is 1. The summed E-state index contributed by atoms with van der Waals surface area (Å²) in [5.41, 5.74) is 4.70. The average Bonchev–Trinajstić information content (AvgIpc) is 2.15. The largest absolute Gasteiger partial charge is 0.409 e. The van der Waals surface area contributed by atoms with Crippen LogP contribution >= 0.6 is 15.9 Å². The Morgan fingerprint density at radius 3 is 2.60 bits per heavy atom. The summed E-state index contributed by atoms with van der Waals surface area (Å²) in [6.45, 7) is -0.536. The molecular formula is C8H8BrF3N2O. The predicted molar refractivity (Wildman–Crippen MR) is 50.8 cm³/mol. The zero-order valence-corrected chi connectivity index (χ0v) is 9.01. The van der Waals surface area contributed by atoms with E-state index in [1.165, 1.54) is 12.3 Å². The fourth-order valence-electron chi connectivity index (χ4n) is 1.05. The minimum atomic E-state index is -4.56. The van der Waals surface area contributed by atoms with E-state index in [0.717, 1.165) is 0 Å². The topological polar surface area (TPSA) is 59.1 Å². The Kier molecular flexibility index (Phi) is 3.69. The van der Waals surface area contributed by atoms with Crippen LogP contribution in [0.2, 0.25) is 0 Å². The maximum atomic E-state index is 12.3. The molecule has 84 valence electrons. The van der Waals surface area contributed by atoms with E-state index < -0.39 is 18.8 Å². The first kappa shape index (κ1) is 12.4. The van der Waals surface area contributed by atoms with Crippen molar-refractivity contribution in [1.29, 1.82) is 0 Å². The Bertz CT molecular complexity index is 356. The lowest BCUT2D eigenvalue weighted by Gasteiger charge is -2.17. The summed E-state index contributed by atoms with van der Waals surface area (Å²) in [5.74, 6) is 0. The summed E-state index contributed by atoms with van der Waals surface area (Å²) < 4.78 is 37.4. The van der Waals surface area contributed by atoms with Crippen LogP contribution in [0.4, 0.5) is 13.2 Å². The Morgan fingerprint density at radius 1 is 1.53 bits per heavy atom. The van der Waals surface area contributed by atoms with Crippen LogP contribution in [0.15, 0.2) is 16.7 Å². The number of pyridine rings is 1. The van der Waals surface area contributed by atoms with E-state index in [1.54, 1.807) is 0 Å². The van der Waals surface area contributed by atoms with Crippen molar-refractivity contribution >= 4 is 15.9 Å². The van der Waals surface area contributed by atoms with Crippen molar-refractivity contribution in [2.24, 2.45) is 5.73 Å². The molecule has 1 aromatic heterocycles. The van der Waals surface area contributed by atoms with Gasteiger partial charge < -0.3 is 10.8 Å². The fraction of sp³-hybridized carbons (Fsp3) is 0.375. The Morgan fingerprint density at radius 2 is 2.13 bits per heavy atom. The number of aliphatic hydroxyl groups is 1. The minimum Gasteiger partial charge on any atom is -0.392 e. The third-order valence-electron chi connectivity index (χ3n) is 1.79. The minimum absolute atomic E-state index is 0.0641. The highest BCUT2D eigenvalue weighted by molar-refractivity contribution is 9.10. The standard InChI is InChI=1S/C8H8BrF3N2O/c9-5-1-4(3-15)6(14-2-5)7(13)8(10,11)12/h1-2,7,15H,3,13H2. The third kappa shape index (κ3) is 2.90. The summed E-state index contributed by atoms with van der Waals surface area (Å²) >= 11 is 3.04. The molecule has 1 aromatic rings. The molecule has 1 atom stereocenters. The molecule has 0 amide bonds. The van der Waals surface area contributed by atoms with Gasteiger partial charge in [-0.05, 0) is 22.0 Å². The smallest absolute Gasteiger partial charge is 0.392 e. The second-order valence-electron chi connectivity index (χ2n) is 2.88. The molecule has 0 spiro atoms. The van der Waals surface area contributed by atoms with Crippen LogP contribution < -0.4 is 5.73 Å². The first-order chi connectivity index (χ1) is 6.86. The number of hydrogen-bond donors (Lipinski definition) is 2. The summed E-state index contributed by atoms with van der Waals surface area (Å²) in [7, 11) is 0. The van der Waals surface area contributed by atoms with Gasteiger partial charge in [-0.3, -0.25) is 4.98 Å². The molecule has 3 N–H and O–H groups in total. The summed E-state index contributed by atoms with van der Waals surface area (Å²) in [5, 5.41) is 8.87. The van der Waals surface area contributed by atoms with Crippen LogP contribution in [-0.2, 0) is 6.61 Å². The summed E-state index contributed by atoms with van der Waals surface area (Å²) in [6.07, 6.45) is -3.36. The molecule has 0 aromatic carbocycles. The van der Waals surface area contributed by atoms with Crippen molar-refractivity contribution < 1.29 is 18.3 Å². The quantitative estimate of drug-likeness (QED) is 0.872. The highest BCUT2D eigenvalue weighted by atomic mass is 79.9. The van der Waals surface area contributed by atoms with E-state index in [4.69, 9.17) is 10.8 Å². The molecule has 7 heteroatoms. The first-order valence-electron chi connectivity index (χ1n) is 3.93. The van der Waals surface area contributed by atoms with E-state index in [9.17, 15) is 13.2 Å². The van der Waals surface area contributed by atoms with Crippen LogP contribution in [0.1, 0.15) is 17.3 Å². The van der Waals surface area contributed by atoms with Crippen molar-refractivity contribution in [3.63, 3.8) is 0 Å². The normalized spacial score (nSPS) is 14.0. The van der Waals surface area contributed by atoms with Crippen molar-refractivity contribution in [2.45, 2.75) is 18.8 Å². The second kappa shape index (κ2) is 4.46. The Balaban J connectivity index is 3.14. The Labute approximate surface area is 92.2 Å². The molecule has 3 nitrogen and oxygen atoms in total. The molecule has 0 radical (unpaired) electrons. The number of alkyl halides is 3. The van der Waals surface area contributed by atoms with Gasteiger partial charge in [0.25, 0.3) is 0 Å². The predicted octanol–water partition coefficient (Wildman–Crippen LogP) is 1.90. The van der Waals surface area contributed by atoms with Gasteiger partial charge in [0.2, 0.25) is 0 Å². The zero-order valence-electron chi connectivity index (χ0n) is 7.42. The van der Waals surface area contributed by atoms with Crippen LogP contribution in [0.5, 0.6) is 0 Å². The van der Waals surface area contributed by atoms with Crippen molar-refractivity contribution in [2.75, 3.05) is 0 Å². The van der Waals surface area contributed by atoms with Crippen LogP contribution in [-0.4, -0.2) is 16.3 Å². The highest BCUT2D eigenvalue weighted by Crippen LogP contribution is 2.31. The molecule has 1 unspecified atom stereocenters. The summed E-state index contributed by atoms with van der Waals surface area (Å²) in [4.78, 5) is 3.56. The zero-order chi connectivity index (χ0) is 11.6. The molecule has 0 bridgehead atoms. The highest BCUT2D eigenvalue weighted by Gasteiger charge is 2.39. The van der Waals surface area contributed by atoms with Gasteiger partial charge in [0.05, 0.1) is 12.3 Å². The number of halogens is 4. The maximum Gasteiger partial charge on any atom is 0.409 e. The van der Waals surface area contributed by atoms with Crippen molar-refractivity contribution in [3.05, 3.63) is 28.0 Å². The second-order valence-corrected chi connectivity index (χ2v) is 3.79. The van der Waals surface area contributed by atoms with Crippen LogP contribution in [0.25, 0.3) is 0 Å². The molecule has 1 rings (SSSR count). The fourth-order valence-corrected chi connectivity index (χ4v) is 1.43. The molecule has 0 aliphatic rings. The number of hydrogen-bond acceptors (Lipinski definition) is 3. The molecule has 0 aliphatic carbocycles. The van der Waals surface area contributed by atoms with Crippen LogP contribution in [0.3, 0.4) is 0 Å². The number of nitrogens with zero attached hydrogens (tertiary/aromatic N) is 1. The first-order valence-corrected chi connectivity index (χ1v) is 4.73. The van der Waals surface area contributed by atoms with Crippen molar-refractivity contribution in [3.8, 4) is 0 Å². The SMILES string of the molecule is NC(c1ncc(Br)cc1CO)C(F)(F)F. The molecule has 1 heterocycles. The van der Waals surface area contributed by atoms with Gasteiger partial charge in [-0.1, -0.05) is 0 Å². The number of rotatable bonds is 2. The average molecular weight is 285 g/mol. The number of aromatic nitrogens is 1. The summed E-state index contributed by atoms with van der Waals surface area (Å²) in [6, 6.07) is -0.818. The van der Waals surface area contributed by atoms with Gasteiger partial charge in [-0.2, -0.15) is 13.2 Å².